The second-order valence-corrected chi connectivity index (χ2v) is 6.03. The van der Waals surface area contributed by atoms with E-state index in [1.54, 1.807) is 18.2 Å². The predicted octanol–water partition coefficient (Wildman–Crippen LogP) is 3.80. The number of aromatic hydroxyl groups is 1. The van der Waals surface area contributed by atoms with Gasteiger partial charge in [0, 0.05) is 21.7 Å². The summed E-state index contributed by atoms with van der Waals surface area (Å²) < 4.78 is 5.02. The number of ether oxygens (including phenoxy) is 1. The maximum absolute atomic E-state index is 12.6. The quantitative estimate of drug-likeness (QED) is 0.628. The van der Waals surface area contributed by atoms with Crippen LogP contribution in [0.4, 0.5) is 10.5 Å². The fourth-order valence-corrected chi connectivity index (χ4v) is 2.80. The standard InChI is InChI=1S/C17H12Cl2N2O4/c1-25-14-8-11(19)5-9(15(14)22)6-13-16(23)21(17(24)20-13)12-4-2-3-10(18)7-12/h2-8,22H,1H3,(H,20,24). The molecule has 8 heteroatoms. The Morgan fingerprint density at radius 3 is 2.60 bits per heavy atom. The van der Waals surface area contributed by atoms with Crippen LogP contribution in [-0.4, -0.2) is 24.2 Å². The lowest BCUT2D eigenvalue weighted by Crippen LogP contribution is -2.30. The van der Waals surface area contributed by atoms with Gasteiger partial charge in [-0.15, -0.1) is 0 Å². The zero-order chi connectivity index (χ0) is 18.1. The number of rotatable bonds is 3. The maximum atomic E-state index is 12.6. The molecule has 1 heterocycles. The molecule has 0 radical (unpaired) electrons. The minimum Gasteiger partial charge on any atom is -0.504 e. The first-order valence-electron chi connectivity index (χ1n) is 7.10. The number of amides is 3. The van der Waals surface area contributed by atoms with Crippen LogP contribution in [0.25, 0.3) is 6.08 Å². The zero-order valence-electron chi connectivity index (χ0n) is 12.9. The number of phenols is 1. The van der Waals surface area contributed by atoms with E-state index >= 15 is 0 Å². The molecule has 6 nitrogen and oxygen atoms in total. The van der Waals surface area contributed by atoms with E-state index in [1.165, 1.54) is 31.4 Å². The summed E-state index contributed by atoms with van der Waals surface area (Å²) >= 11 is 11.9. The lowest BCUT2D eigenvalue weighted by molar-refractivity contribution is -0.113. The second-order valence-electron chi connectivity index (χ2n) is 5.15. The Morgan fingerprint density at radius 1 is 1.16 bits per heavy atom. The first-order valence-corrected chi connectivity index (χ1v) is 7.85. The fraction of sp³-hybridized carbons (Fsp3) is 0.0588. The lowest BCUT2D eigenvalue weighted by Gasteiger charge is -2.11. The maximum Gasteiger partial charge on any atom is 0.333 e. The van der Waals surface area contributed by atoms with Crippen molar-refractivity contribution < 1.29 is 19.4 Å². The lowest BCUT2D eigenvalue weighted by atomic mass is 10.1. The van der Waals surface area contributed by atoms with Crippen LogP contribution in [0.3, 0.4) is 0 Å². The summed E-state index contributed by atoms with van der Waals surface area (Å²) in [7, 11) is 1.38. The van der Waals surface area contributed by atoms with Gasteiger partial charge < -0.3 is 15.2 Å². The van der Waals surface area contributed by atoms with E-state index in [2.05, 4.69) is 5.32 Å². The Hall–Kier alpha value is -2.70. The highest BCUT2D eigenvalue weighted by Crippen LogP contribution is 2.35. The molecule has 0 unspecified atom stereocenters. The van der Waals surface area contributed by atoms with Crippen molar-refractivity contribution in [2.75, 3.05) is 12.0 Å². The van der Waals surface area contributed by atoms with Crippen LogP contribution in [0.5, 0.6) is 11.5 Å². The van der Waals surface area contributed by atoms with Gasteiger partial charge in [-0.3, -0.25) is 4.79 Å². The average Bonchev–Trinajstić information content (AvgIpc) is 2.84. The minimum atomic E-state index is -0.619. The van der Waals surface area contributed by atoms with Crippen molar-refractivity contribution in [1.82, 2.24) is 5.32 Å². The van der Waals surface area contributed by atoms with Crippen molar-refractivity contribution in [3.05, 3.63) is 57.7 Å². The molecule has 3 amide bonds. The number of hydrogen-bond acceptors (Lipinski definition) is 4. The van der Waals surface area contributed by atoms with Gasteiger partial charge >= 0.3 is 6.03 Å². The molecule has 2 N–H and O–H groups in total. The van der Waals surface area contributed by atoms with Crippen LogP contribution in [0, 0.1) is 0 Å². The number of carbonyl (C=O) groups excluding carboxylic acids is 2. The first kappa shape index (κ1) is 17.1. The van der Waals surface area contributed by atoms with Gasteiger partial charge in [-0.05, 0) is 30.3 Å². The molecule has 0 aromatic heterocycles. The minimum absolute atomic E-state index is 0.00963. The number of halogens is 2. The van der Waals surface area contributed by atoms with Crippen molar-refractivity contribution >= 4 is 46.9 Å². The first-order chi connectivity index (χ1) is 11.9. The number of urea groups is 1. The molecule has 2 aromatic rings. The van der Waals surface area contributed by atoms with Crippen molar-refractivity contribution in [3.63, 3.8) is 0 Å². The van der Waals surface area contributed by atoms with Crippen molar-refractivity contribution in [2.24, 2.45) is 0 Å². The highest BCUT2D eigenvalue weighted by molar-refractivity contribution is 6.32. The van der Waals surface area contributed by atoms with E-state index < -0.39 is 11.9 Å². The monoisotopic (exact) mass is 378 g/mol. The number of benzene rings is 2. The Morgan fingerprint density at radius 2 is 1.92 bits per heavy atom. The van der Waals surface area contributed by atoms with Gasteiger partial charge in [0.15, 0.2) is 11.5 Å². The molecule has 0 aliphatic carbocycles. The van der Waals surface area contributed by atoms with Crippen LogP contribution in [0.15, 0.2) is 42.1 Å². The molecular weight excluding hydrogens is 367 g/mol. The third kappa shape index (κ3) is 3.26. The van der Waals surface area contributed by atoms with Crippen molar-refractivity contribution in [1.29, 1.82) is 0 Å². The molecule has 1 fully saturated rings. The van der Waals surface area contributed by atoms with Gasteiger partial charge in [-0.1, -0.05) is 29.3 Å². The Kier molecular flexibility index (Phi) is 4.57. The Balaban J connectivity index is 2.00. The number of carbonyl (C=O) groups is 2. The summed E-state index contributed by atoms with van der Waals surface area (Å²) in [6.45, 7) is 0. The van der Waals surface area contributed by atoms with E-state index in [-0.39, 0.29) is 22.8 Å². The fourth-order valence-electron chi connectivity index (χ4n) is 2.40. The molecule has 128 valence electrons. The number of hydrogen-bond donors (Lipinski definition) is 2. The summed E-state index contributed by atoms with van der Waals surface area (Å²) in [5.41, 5.74) is 0.567. The SMILES string of the molecule is COc1cc(Cl)cc(C=C2NC(=O)N(c3cccc(Cl)c3)C2=O)c1O. The zero-order valence-corrected chi connectivity index (χ0v) is 14.4. The van der Waals surface area contributed by atoms with Crippen LogP contribution >= 0.6 is 23.2 Å². The van der Waals surface area contributed by atoms with Gasteiger partial charge in [0.25, 0.3) is 5.91 Å². The van der Waals surface area contributed by atoms with E-state index in [0.717, 1.165) is 4.90 Å². The van der Waals surface area contributed by atoms with Crippen molar-refractivity contribution in [2.45, 2.75) is 0 Å². The summed E-state index contributed by atoms with van der Waals surface area (Å²) in [6, 6.07) is 8.63. The second kappa shape index (κ2) is 6.66. The number of imide groups is 1. The van der Waals surface area contributed by atoms with Crippen LogP contribution in [0.2, 0.25) is 10.0 Å². The molecule has 2 aromatic carbocycles. The third-order valence-corrected chi connectivity index (χ3v) is 3.99. The molecule has 0 atom stereocenters. The van der Waals surface area contributed by atoms with Crippen LogP contribution in [-0.2, 0) is 4.79 Å². The highest BCUT2D eigenvalue weighted by atomic mass is 35.5. The molecule has 0 saturated carbocycles. The number of methoxy groups -OCH3 is 1. The molecule has 1 aliphatic heterocycles. The summed E-state index contributed by atoms with van der Waals surface area (Å²) in [5, 5.41) is 13.3. The largest absolute Gasteiger partial charge is 0.504 e. The number of nitrogens with one attached hydrogen (secondary N) is 1. The number of anilines is 1. The van der Waals surface area contributed by atoms with E-state index in [0.29, 0.717) is 15.7 Å². The number of nitrogens with zero attached hydrogens (tertiary/aromatic N) is 1. The van der Waals surface area contributed by atoms with Gasteiger partial charge in [0.05, 0.1) is 12.8 Å². The van der Waals surface area contributed by atoms with E-state index in [1.807, 2.05) is 0 Å². The molecule has 1 saturated heterocycles. The molecular formula is C17H12Cl2N2O4. The summed E-state index contributed by atoms with van der Waals surface area (Å²) in [5.74, 6) is -0.615. The van der Waals surface area contributed by atoms with Gasteiger partial charge in [-0.25, -0.2) is 9.69 Å². The molecule has 0 bridgehead atoms. The molecule has 1 aliphatic rings. The highest BCUT2D eigenvalue weighted by Gasteiger charge is 2.35. The summed E-state index contributed by atoms with van der Waals surface area (Å²) in [6.07, 6.45) is 1.33. The molecule has 3 rings (SSSR count). The Bertz CT molecular complexity index is 912. The van der Waals surface area contributed by atoms with Gasteiger partial charge in [0.1, 0.15) is 5.70 Å². The predicted molar refractivity (Wildman–Crippen MR) is 95.1 cm³/mol. The van der Waals surface area contributed by atoms with Crippen LogP contribution in [0.1, 0.15) is 5.56 Å². The van der Waals surface area contributed by atoms with Gasteiger partial charge in [-0.2, -0.15) is 0 Å². The molecule has 0 spiro atoms. The smallest absolute Gasteiger partial charge is 0.333 e. The van der Waals surface area contributed by atoms with E-state index in [9.17, 15) is 14.7 Å². The summed E-state index contributed by atoms with van der Waals surface area (Å²) in [4.78, 5) is 25.7. The normalized spacial score (nSPS) is 15.6. The van der Waals surface area contributed by atoms with Crippen molar-refractivity contribution in [3.8, 4) is 11.5 Å². The average molecular weight is 379 g/mol. The van der Waals surface area contributed by atoms with Crippen LogP contribution < -0.4 is 15.0 Å². The topological polar surface area (TPSA) is 78.9 Å². The third-order valence-electron chi connectivity index (χ3n) is 3.53. The molecule has 25 heavy (non-hydrogen) atoms. The van der Waals surface area contributed by atoms with E-state index in [4.69, 9.17) is 27.9 Å². The number of phenolic OH excluding ortho intramolecular Hbond substituents is 1. The van der Waals surface area contributed by atoms with Gasteiger partial charge in [0.2, 0.25) is 0 Å². The Labute approximate surface area is 153 Å².